The van der Waals surface area contributed by atoms with Gasteiger partial charge in [0.25, 0.3) is 0 Å². The Morgan fingerprint density at radius 1 is 1.08 bits per heavy atom. The molecular weight excluding hydrogens is 367 g/mol. The molecule has 0 aliphatic heterocycles. The maximum absolute atomic E-state index is 12.9. The van der Waals surface area contributed by atoms with Crippen LogP contribution in [0.1, 0.15) is 48.0 Å². The number of hydrogen-bond acceptors (Lipinski definition) is 3. The minimum Gasteiger partial charge on any atom is -0.368 e. The van der Waals surface area contributed by atoms with Gasteiger partial charge in [-0.3, -0.25) is 9.00 Å². The predicted molar refractivity (Wildman–Crippen MR) is 101 cm³/mol. The fourth-order valence-electron chi connectivity index (χ4n) is 1.95. The summed E-state index contributed by atoms with van der Waals surface area (Å²) in [5.74, 6) is -0.0486. The molecule has 1 rings (SSSR count). The fraction of sp³-hybridized carbons (Fsp3) is 0.611. The lowest BCUT2D eigenvalue weighted by Gasteiger charge is -2.35. The molecule has 2 unspecified atom stereocenters. The van der Waals surface area contributed by atoms with Crippen molar-refractivity contribution in [3.05, 3.63) is 30.3 Å². The number of Topliss-reactive ketones (excluding diaryl/α,β-unsaturated/α-hetero) is 1. The molecule has 0 heterocycles. The van der Waals surface area contributed by atoms with Gasteiger partial charge in [0.05, 0.1) is 16.4 Å². The second kappa shape index (κ2) is 7.86. The van der Waals surface area contributed by atoms with Crippen molar-refractivity contribution in [1.82, 2.24) is 0 Å². The van der Waals surface area contributed by atoms with Gasteiger partial charge in [-0.05, 0) is 32.9 Å². The molecule has 136 valence electrons. The van der Waals surface area contributed by atoms with Crippen molar-refractivity contribution in [2.24, 2.45) is 5.41 Å². The SMILES string of the molecule is CC(C)(C)OC(CC(=O)C(C)(C)C)C(Cl)(Cl)S(=O)c1ccccc1. The molecule has 0 saturated heterocycles. The second-order valence-electron chi connectivity index (χ2n) is 7.74. The highest BCUT2D eigenvalue weighted by molar-refractivity contribution is 7.89. The number of halogens is 2. The zero-order valence-electron chi connectivity index (χ0n) is 15.1. The van der Waals surface area contributed by atoms with Crippen LogP contribution in [0.25, 0.3) is 0 Å². The predicted octanol–water partition coefficient (Wildman–Crippen LogP) is 5.11. The Balaban J connectivity index is 3.16. The Kier molecular flexibility index (Phi) is 7.08. The number of carbonyl (C=O) groups is 1. The molecule has 0 aliphatic rings. The van der Waals surface area contributed by atoms with Crippen LogP contribution in [0.5, 0.6) is 0 Å². The molecule has 1 aromatic rings. The third kappa shape index (κ3) is 6.14. The van der Waals surface area contributed by atoms with Gasteiger partial charge in [0.2, 0.25) is 3.67 Å². The summed E-state index contributed by atoms with van der Waals surface area (Å²) in [4.78, 5) is 13.0. The van der Waals surface area contributed by atoms with Crippen molar-refractivity contribution in [1.29, 1.82) is 0 Å². The van der Waals surface area contributed by atoms with Crippen molar-refractivity contribution in [2.75, 3.05) is 0 Å². The fourth-order valence-corrected chi connectivity index (χ4v) is 3.82. The first-order valence-corrected chi connectivity index (χ1v) is 9.71. The lowest BCUT2D eigenvalue weighted by atomic mass is 9.87. The van der Waals surface area contributed by atoms with Crippen molar-refractivity contribution < 1.29 is 13.7 Å². The maximum atomic E-state index is 12.9. The Bertz CT molecular complexity index is 587. The van der Waals surface area contributed by atoms with Crippen LogP contribution < -0.4 is 0 Å². The molecule has 0 aromatic heterocycles. The largest absolute Gasteiger partial charge is 0.368 e. The topological polar surface area (TPSA) is 43.4 Å². The van der Waals surface area contributed by atoms with Crippen molar-refractivity contribution in [3.8, 4) is 0 Å². The van der Waals surface area contributed by atoms with E-state index in [1.165, 1.54) is 0 Å². The van der Waals surface area contributed by atoms with Crippen LogP contribution in [-0.4, -0.2) is 25.4 Å². The quantitative estimate of drug-likeness (QED) is 0.631. The van der Waals surface area contributed by atoms with E-state index in [0.29, 0.717) is 4.90 Å². The highest BCUT2D eigenvalue weighted by atomic mass is 35.5. The third-order valence-corrected chi connectivity index (χ3v) is 6.07. The summed E-state index contributed by atoms with van der Waals surface area (Å²) in [7, 11) is -1.75. The van der Waals surface area contributed by atoms with Crippen molar-refractivity contribution in [3.63, 3.8) is 0 Å². The summed E-state index contributed by atoms with van der Waals surface area (Å²) < 4.78 is 17.1. The first-order valence-electron chi connectivity index (χ1n) is 7.81. The number of benzene rings is 1. The van der Waals surface area contributed by atoms with Crippen LogP contribution in [0.4, 0.5) is 0 Å². The van der Waals surface area contributed by atoms with E-state index in [2.05, 4.69) is 0 Å². The number of hydrogen-bond donors (Lipinski definition) is 0. The van der Waals surface area contributed by atoms with Crippen LogP contribution in [0.3, 0.4) is 0 Å². The van der Waals surface area contributed by atoms with Crippen molar-refractivity contribution in [2.45, 2.75) is 68.2 Å². The number of carbonyl (C=O) groups excluding carboxylic acids is 1. The molecular formula is C18H26Cl2O3S. The zero-order chi connectivity index (χ0) is 18.8. The summed E-state index contributed by atoms with van der Waals surface area (Å²) in [6.07, 6.45) is -0.902. The average Bonchev–Trinajstić information content (AvgIpc) is 2.44. The van der Waals surface area contributed by atoms with Gasteiger partial charge in [-0.25, -0.2) is 0 Å². The van der Waals surface area contributed by atoms with E-state index in [1.54, 1.807) is 24.3 Å². The standard InChI is InChI=1S/C18H26Cl2O3S/c1-16(2,3)14(21)12-15(23-17(4,5)6)18(19,20)24(22)13-10-8-7-9-11-13/h7-11,15H,12H2,1-6H3. The summed E-state index contributed by atoms with van der Waals surface area (Å²) in [5.41, 5.74) is -1.14. The highest BCUT2D eigenvalue weighted by Gasteiger charge is 2.46. The van der Waals surface area contributed by atoms with Gasteiger partial charge in [-0.1, -0.05) is 62.2 Å². The Morgan fingerprint density at radius 3 is 2.00 bits per heavy atom. The third-order valence-electron chi connectivity index (χ3n) is 3.28. The number of ketones is 1. The van der Waals surface area contributed by atoms with Crippen LogP contribution in [0.15, 0.2) is 35.2 Å². The van der Waals surface area contributed by atoms with E-state index in [1.807, 2.05) is 47.6 Å². The van der Waals surface area contributed by atoms with Gasteiger partial charge >= 0.3 is 0 Å². The van der Waals surface area contributed by atoms with Crippen LogP contribution in [-0.2, 0) is 20.3 Å². The van der Waals surface area contributed by atoms with Gasteiger partial charge in [-0.15, -0.1) is 0 Å². The molecule has 0 spiro atoms. The molecule has 0 saturated carbocycles. The van der Waals surface area contributed by atoms with E-state index in [-0.39, 0.29) is 12.2 Å². The molecule has 2 atom stereocenters. The minimum absolute atomic E-state index is 0.00760. The van der Waals surface area contributed by atoms with Gasteiger partial charge in [0.1, 0.15) is 11.9 Å². The summed E-state index contributed by atoms with van der Waals surface area (Å²) in [5, 5.41) is 0. The molecule has 0 aliphatic carbocycles. The number of ether oxygens (including phenoxy) is 1. The molecule has 24 heavy (non-hydrogen) atoms. The number of alkyl halides is 2. The van der Waals surface area contributed by atoms with Crippen LogP contribution in [0, 0.1) is 5.41 Å². The minimum atomic E-state index is -1.75. The van der Waals surface area contributed by atoms with E-state index in [9.17, 15) is 9.00 Å². The Labute approximate surface area is 157 Å². The Hall–Kier alpha value is -0.420. The summed E-state index contributed by atoms with van der Waals surface area (Å²) >= 11 is 13.0. The summed E-state index contributed by atoms with van der Waals surface area (Å²) in [6.45, 7) is 11.0. The molecule has 1 aromatic carbocycles. The van der Waals surface area contributed by atoms with Crippen LogP contribution in [0.2, 0.25) is 0 Å². The maximum Gasteiger partial charge on any atom is 0.222 e. The van der Waals surface area contributed by atoms with E-state index < -0.39 is 31.6 Å². The van der Waals surface area contributed by atoms with E-state index >= 15 is 0 Å². The molecule has 0 N–H and O–H groups in total. The van der Waals surface area contributed by atoms with Crippen LogP contribution >= 0.6 is 23.2 Å². The smallest absolute Gasteiger partial charge is 0.222 e. The zero-order valence-corrected chi connectivity index (χ0v) is 17.4. The van der Waals surface area contributed by atoms with Gasteiger partial charge in [0.15, 0.2) is 0 Å². The molecule has 0 fully saturated rings. The molecule has 6 heteroatoms. The molecule has 0 bridgehead atoms. The van der Waals surface area contributed by atoms with E-state index in [4.69, 9.17) is 27.9 Å². The first kappa shape index (κ1) is 21.6. The Morgan fingerprint density at radius 2 is 1.58 bits per heavy atom. The average molecular weight is 393 g/mol. The molecule has 3 nitrogen and oxygen atoms in total. The monoisotopic (exact) mass is 392 g/mol. The molecule has 0 radical (unpaired) electrons. The van der Waals surface area contributed by atoms with Gasteiger partial charge in [-0.2, -0.15) is 0 Å². The highest BCUT2D eigenvalue weighted by Crippen LogP contribution is 2.39. The van der Waals surface area contributed by atoms with E-state index in [0.717, 1.165) is 0 Å². The normalized spacial score (nSPS) is 15.8. The second-order valence-corrected chi connectivity index (χ2v) is 11.2. The first-order chi connectivity index (χ1) is 10.7. The molecule has 0 amide bonds. The summed E-state index contributed by atoms with van der Waals surface area (Å²) in [6, 6.07) is 8.72. The lowest BCUT2D eigenvalue weighted by molar-refractivity contribution is -0.132. The van der Waals surface area contributed by atoms with Gasteiger partial charge in [0, 0.05) is 16.7 Å². The van der Waals surface area contributed by atoms with Gasteiger partial charge < -0.3 is 4.74 Å². The lowest BCUT2D eigenvalue weighted by Crippen LogP contribution is -2.44. The van der Waals surface area contributed by atoms with Crippen molar-refractivity contribution >= 4 is 39.8 Å². The number of rotatable bonds is 6.